The minimum absolute atomic E-state index is 0.0700. The fraction of sp³-hybridized carbons (Fsp3) is 0.167. The third-order valence-corrected chi connectivity index (χ3v) is 3.57. The van der Waals surface area contributed by atoms with Crippen molar-refractivity contribution in [3.8, 4) is 0 Å². The van der Waals surface area contributed by atoms with E-state index in [9.17, 15) is 9.50 Å². The van der Waals surface area contributed by atoms with Gasteiger partial charge in [-0.05, 0) is 23.6 Å². The van der Waals surface area contributed by atoms with E-state index in [4.69, 9.17) is 11.6 Å². The van der Waals surface area contributed by atoms with Gasteiger partial charge in [0.25, 0.3) is 0 Å². The van der Waals surface area contributed by atoms with Gasteiger partial charge >= 0.3 is 0 Å². The number of hydrogen-bond donors (Lipinski definition) is 2. The van der Waals surface area contributed by atoms with Crippen molar-refractivity contribution in [3.63, 3.8) is 0 Å². The summed E-state index contributed by atoms with van der Waals surface area (Å²) in [7, 11) is 0. The van der Waals surface area contributed by atoms with E-state index >= 15 is 0 Å². The summed E-state index contributed by atoms with van der Waals surface area (Å²) < 4.78 is 13.5. The van der Waals surface area contributed by atoms with E-state index in [1.165, 1.54) is 17.4 Å². The summed E-state index contributed by atoms with van der Waals surface area (Å²) in [6.07, 6.45) is -0.645. The van der Waals surface area contributed by atoms with Crippen molar-refractivity contribution >= 4 is 28.6 Å². The Hall–Kier alpha value is -1.10. The quantitative estimate of drug-likeness (QED) is 0.889. The van der Waals surface area contributed by atoms with Crippen LogP contribution < -0.4 is 5.32 Å². The summed E-state index contributed by atoms with van der Waals surface area (Å²) in [5, 5.41) is 14.6. The first kappa shape index (κ1) is 12.4. The summed E-state index contributed by atoms with van der Waals surface area (Å²) in [5.41, 5.74) is 0.299. The van der Waals surface area contributed by atoms with Crippen molar-refractivity contribution in [2.75, 3.05) is 11.9 Å². The average molecular weight is 272 g/mol. The average Bonchev–Trinajstić information content (AvgIpc) is 2.84. The molecule has 0 fully saturated rings. The third kappa shape index (κ3) is 2.97. The zero-order chi connectivity index (χ0) is 12.3. The predicted octanol–water partition coefficient (Wildman–Crippen LogP) is 3.69. The molecule has 2 aromatic rings. The van der Waals surface area contributed by atoms with Crippen molar-refractivity contribution in [1.82, 2.24) is 0 Å². The first-order valence-electron chi connectivity index (χ1n) is 5.08. The monoisotopic (exact) mass is 271 g/mol. The van der Waals surface area contributed by atoms with Gasteiger partial charge in [0, 0.05) is 11.4 Å². The van der Waals surface area contributed by atoms with Crippen molar-refractivity contribution in [2.45, 2.75) is 6.10 Å². The van der Waals surface area contributed by atoms with Crippen LogP contribution in [0.4, 0.5) is 10.1 Å². The Bertz CT molecular complexity index is 489. The lowest BCUT2D eigenvalue weighted by Gasteiger charge is -2.12. The molecule has 0 bridgehead atoms. The fourth-order valence-electron chi connectivity index (χ4n) is 1.43. The van der Waals surface area contributed by atoms with Crippen LogP contribution in [0.25, 0.3) is 0 Å². The molecular formula is C12H11ClFNOS. The van der Waals surface area contributed by atoms with Gasteiger partial charge in [-0.3, -0.25) is 0 Å². The molecule has 5 heteroatoms. The standard InChI is InChI=1S/C12H11ClFNOS/c13-8-3-1-4-9(12(8)14)15-7-10(16)11-5-2-6-17-11/h1-6,10,15-16H,7H2. The Morgan fingerprint density at radius 1 is 1.35 bits per heavy atom. The lowest BCUT2D eigenvalue weighted by molar-refractivity contribution is 0.195. The van der Waals surface area contributed by atoms with Gasteiger partial charge in [-0.1, -0.05) is 23.7 Å². The zero-order valence-electron chi connectivity index (χ0n) is 8.86. The van der Waals surface area contributed by atoms with Crippen LogP contribution in [0.15, 0.2) is 35.7 Å². The summed E-state index contributed by atoms with van der Waals surface area (Å²) in [6, 6.07) is 8.43. The normalized spacial score (nSPS) is 12.4. The highest BCUT2D eigenvalue weighted by molar-refractivity contribution is 7.10. The minimum atomic E-state index is -0.645. The first-order chi connectivity index (χ1) is 8.18. The highest BCUT2D eigenvalue weighted by atomic mass is 35.5. The summed E-state index contributed by atoms with van der Waals surface area (Å²) in [5.74, 6) is -0.493. The van der Waals surface area contributed by atoms with Gasteiger partial charge in [0.1, 0.15) is 6.10 Å². The van der Waals surface area contributed by atoms with Crippen molar-refractivity contribution in [3.05, 3.63) is 51.4 Å². The van der Waals surface area contributed by atoms with Crippen LogP contribution in [0.5, 0.6) is 0 Å². The Balaban J connectivity index is 2.00. The number of hydrogen-bond acceptors (Lipinski definition) is 3. The van der Waals surface area contributed by atoms with Crippen LogP contribution in [0, 0.1) is 5.82 Å². The molecule has 1 unspecified atom stereocenters. The smallest absolute Gasteiger partial charge is 0.164 e. The maximum Gasteiger partial charge on any atom is 0.164 e. The Kier molecular flexibility index (Phi) is 3.99. The molecule has 90 valence electrons. The Morgan fingerprint density at radius 3 is 2.88 bits per heavy atom. The number of thiophene rings is 1. The highest BCUT2D eigenvalue weighted by Crippen LogP contribution is 2.24. The lowest BCUT2D eigenvalue weighted by Crippen LogP contribution is -2.11. The summed E-state index contributed by atoms with van der Waals surface area (Å²) in [4.78, 5) is 0.847. The van der Waals surface area contributed by atoms with Crippen LogP contribution >= 0.6 is 22.9 Å². The van der Waals surface area contributed by atoms with E-state index in [0.717, 1.165) is 4.88 Å². The number of aliphatic hydroxyl groups is 1. The van der Waals surface area contributed by atoms with Gasteiger partial charge in [0.15, 0.2) is 5.82 Å². The second-order valence-corrected chi connectivity index (χ2v) is 4.90. The molecule has 1 aromatic carbocycles. The largest absolute Gasteiger partial charge is 0.386 e. The van der Waals surface area contributed by atoms with Crippen LogP contribution in [0.3, 0.4) is 0 Å². The van der Waals surface area contributed by atoms with E-state index in [-0.39, 0.29) is 11.6 Å². The number of anilines is 1. The van der Waals surface area contributed by atoms with Crippen LogP contribution in [0.2, 0.25) is 5.02 Å². The molecule has 17 heavy (non-hydrogen) atoms. The van der Waals surface area contributed by atoms with Gasteiger partial charge in [-0.25, -0.2) is 4.39 Å². The van der Waals surface area contributed by atoms with Crippen molar-refractivity contribution in [2.24, 2.45) is 0 Å². The summed E-state index contributed by atoms with van der Waals surface area (Å²) >= 11 is 7.12. The number of benzene rings is 1. The second kappa shape index (κ2) is 5.49. The molecule has 1 heterocycles. The van der Waals surface area contributed by atoms with Crippen molar-refractivity contribution in [1.29, 1.82) is 0 Å². The van der Waals surface area contributed by atoms with E-state index in [2.05, 4.69) is 5.32 Å². The maximum absolute atomic E-state index is 13.5. The van der Waals surface area contributed by atoms with Gasteiger partial charge < -0.3 is 10.4 Å². The first-order valence-corrected chi connectivity index (χ1v) is 6.33. The molecule has 0 amide bonds. The zero-order valence-corrected chi connectivity index (χ0v) is 10.4. The maximum atomic E-state index is 13.5. The predicted molar refractivity (Wildman–Crippen MR) is 69.2 cm³/mol. The molecule has 0 saturated carbocycles. The van der Waals surface area contributed by atoms with Crippen LogP contribution in [0.1, 0.15) is 11.0 Å². The Morgan fingerprint density at radius 2 is 2.18 bits per heavy atom. The van der Waals surface area contributed by atoms with E-state index in [1.54, 1.807) is 12.1 Å². The molecular weight excluding hydrogens is 261 g/mol. The Labute approximate surface area is 108 Å². The molecule has 0 saturated heterocycles. The van der Waals surface area contributed by atoms with Crippen molar-refractivity contribution < 1.29 is 9.50 Å². The van der Waals surface area contributed by atoms with E-state index in [0.29, 0.717) is 5.69 Å². The highest BCUT2D eigenvalue weighted by Gasteiger charge is 2.10. The molecule has 0 radical (unpaired) electrons. The SMILES string of the molecule is OC(CNc1cccc(Cl)c1F)c1cccs1. The van der Waals surface area contributed by atoms with Crippen LogP contribution in [-0.2, 0) is 0 Å². The second-order valence-electron chi connectivity index (χ2n) is 3.51. The van der Waals surface area contributed by atoms with E-state index < -0.39 is 11.9 Å². The number of nitrogens with one attached hydrogen (secondary N) is 1. The molecule has 0 spiro atoms. The van der Waals surface area contributed by atoms with Crippen LogP contribution in [-0.4, -0.2) is 11.7 Å². The molecule has 2 rings (SSSR count). The molecule has 0 aliphatic carbocycles. The molecule has 0 aliphatic heterocycles. The lowest BCUT2D eigenvalue weighted by atomic mass is 10.2. The topological polar surface area (TPSA) is 32.3 Å². The fourth-order valence-corrected chi connectivity index (χ4v) is 2.31. The third-order valence-electron chi connectivity index (χ3n) is 2.31. The van der Waals surface area contributed by atoms with Gasteiger partial charge in [0.2, 0.25) is 0 Å². The van der Waals surface area contributed by atoms with Gasteiger partial charge in [0.05, 0.1) is 10.7 Å². The number of aliphatic hydroxyl groups excluding tert-OH is 1. The number of halogens is 2. The van der Waals surface area contributed by atoms with E-state index in [1.807, 2.05) is 17.5 Å². The van der Waals surface area contributed by atoms with Gasteiger partial charge in [-0.2, -0.15) is 0 Å². The molecule has 0 aliphatic rings. The molecule has 1 atom stereocenters. The summed E-state index contributed by atoms with van der Waals surface area (Å²) in [6.45, 7) is 0.248. The minimum Gasteiger partial charge on any atom is -0.386 e. The molecule has 2 N–H and O–H groups in total. The molecule has 1 aromatic heterocycles. The molecule has 2 nitrogen and oxygen atoms in total. The van der Waals surface area contributed by atoms with Gasteiger partial charge in [-0.15, -0.1) is 11.3 Å². The number of rotatable bonds is 4.